The molecular weight excluding hydrogens is 404 g/mol. The molecule has 2 aromatic carbocycles. The molecule has 1 atom stereocenters. The van der Waals surface area contributed by atoms with Gasteiger partial charge in [0.05, 0.1) is 11.4 Å². The maximum absolute atomic E-state index is 13.0. The van der Waals surface area contributed by atoms with Crippen LogP contribution in [0.4, 0.5) is 10.5 Å². The zero-order valence-corrected chi connectivity index (χ0v) is 17.4. The number of imide groups is 1. The zero-order valence-electron chi connectivity index (χ0n) is 16.6. The predicted molar refractivity (Wildman–Crippen MR) is 114 cm³/mol. The van der Waals surface area contributed by atoms with E-state index in [9.17, 15) is 19.2 Å². The summed E-state index contributed by atoms with van der Waals surface area (Å²) in [4.78, 5) is 50.7. The summed E-state index contributed by atoms with van der Waals surface area (Å²) in [5.74, 6) is -1.43. The second-order valence-corrected chi connectivity index (χ2v) is 8.08. The van der Waals surface area contributed by atoms with Crippen LogP contribution in [0.1, 0.15) is 18.1 Å². The van der Waals surface area contributed by atoms with E-state index in [1.807, 2.05) is 19.1 Å². The maximum Gasteiger partial charge on any atom is 0.325 e. The number of para-hydroxylation sites is 1. The molecule has 5 amide bonds. The minimum atomic E-state index is -1.24. The van der Waals surface area contributed by atoms with Crippen molar-refractivity contribution in [2.24, 2.45) is 5.73 Å². The molecule has 0 saturated carbocycles. The number of benzene rings is 2. The molecule has 0 radical (unpaired) electrons. The number of carbonyl (C=O) groups excluding carboxylic acids is 4. The Labute approximate surface area is 178 Å². The summed E-state index contributed by atoms with van der Waals surface area (Å²) in [6.07, 6.45) is 0. The number of thioether (sulfide) groups is 1. The number of carbonyl (C=O) groups is 4. The van der Waals surface area contributed by atoms with E-state index in [2.05, 4.69) is 10.6 Å². The molecule has 156 valence electrons. The normalized spacial score (nSPS) is 18.3. The van der Waals surface area contributed by atoms with Crippen LogP contribution in [0.25, 0.3) is 0 Å². The first-order valence-electron chi connectivity index (χ1n) is 9.22. The lowest BCUT2D eigenvalue weighted by Crippen LogP contribution is -2.42. The van der Waals surface area contributed by atoms with Crippen LogP contribution in [-0.2, 0) is 19.9 Å². The first kappa shape index (κ1) is 21.4. The van der Waals surface area contributed by atoms with Crippen molar-refractivity contribution < 1.29 is 19.2 Å². The number of primary amides is 1. The van der Waals surface area contributed by atoms with E-state index in [0.29, 0.717) is 16.1 Å². The number of aryl methyl sites for hydroxylation is 1. The predicted octanol–water partition coefficient (Wildman–Crippen LogP) is 1.98. The van der Waals surface area contributed by atoms with Crippen molar-refractivity contribution in [3.63, 3.8) is 0 Å². The van der Waals surface area contributed by atoms with Gasteiger partial charge in [0.15, 0.2) is 0 Å². The molecule has 1 fully saturated rings. The van der Waals surface area contributed by atoms with Gasteiger partial charge >= 0.3 is 6.03 Å². The van der Waals surface area contributed by atoms with E-state index >= 15 is 0 Å². The molecule has 2 aromatic rings. The molecule has 4 N–H and O–H groups in total. The monoisotopic (exact) mass is 426 g/mol. The average molecular weight is 426 g/mol. The summed E-state index contributed by atoms with van der Waals surface area (Å²) in [5.41, 5.74) is 5.96. The van der Waals surface area contributed by atoms with Gasteiger partial charge in [-0.2, -0.15) is 0 Å². The van der Waals surface area contributed by atoms with Crippen LogP contribution in [-0.4, -0.2) is 41.0 Å². The summed E-state index contributed by atoms with van der Waals surface area (Å²) in [7, 11) is 0. The summed E-state index contributed by atoms with van der Waals surface area (Å²) in [6, 6.07) is 13.6. The maximum atomic E-state index is 13.0. The van der Waals surface area contributed by atoms with Crippen LogP contribution in [0.2, 0.25) is 0 Å². The number of rotatable bonds is 7. The van der Waals surface area contributed by atoms with Crippen LogP contribution in [0.15, 0.2) is 53.4 Å². The Bertz CT molecular complexity index is 1030. The number of hydrogen-bond acceptors (Lipinski definition) is 5. The van der Waals surface area contributed by atoms with Crippen LogP contribution < -0.4 is 16.4 Å². The molecule has 0 aliphatic carbocycles. The Morgan fingerprint density at radius 1 is 1.13 bits per heavy atom. The van der Waals surface area contributed by atoms with Crippen molar-refractivity contribution in [2.75, 3.05) is 17.6 Å². The van der Waals surface area contributed by atoms with Crippen molar-refractivity contribution in [1.82, 2.24) is 10.2 Å². The highest BCUT2D eigenvalue weighted by molar-refractivity contribution is 8.00. The van der Waals surface area contributed by atoms with Gasteiger partial charge in [-0.1, -0.05) is 36.4 Å². The van der Waals surface area contributed by atoms with Gasteiger partial charge in [0, 0.05) is 4.90 Å². The molecule has 1 aliphatic rings. The van der Waals surface area contributed by atoms with E-state index in [1.165, 1.54) is 11.8 Å². The lowest BCUT2D eigenvalue weighted by Gasteiger charge is -2.24. The molecule has 30 heavy (non-hydrogen) atoms. The molecule has 0 spiro atoms. The number of hydrogen-bond donors (Lipinski definition) is 3. The fraction of sp³-hybridized carbons (Fsp3) is 0.238. The van der Waals surface area contributed by atoms with Crippen LogP contribution >= 0.6 is 11.8 Å². The van der Waals surface area contributed by atoms with Crippen molar-refractivity contribution >= 4 is 41.2 Å². The van der Waals surface area contributed by atoms with Gasteiger partial charge in [-0.05, 0) is 37.1 Å². The smallest absolute Gasteiger partial charge is 0.325 e. The van der Waals surface area contributed by atoms with E-state index in [4.69, 9.17) is 5.73 Å². The Balaban J connectivity index is 1.74. The highest BCUT2D eigenvalue weighted by Crippen LogP contribution is 2.31. The molecule has 1 aliphatic heterocycles. The quantitative estimate of drug-likeness (QED) is 0.462. The molecular formula is C21H22N4O4S. The van der Waals surface area contributed by atoms with Gasteiger partial charge in [-0.15, -0.1) is 11.8 Å². The van der Waals surface area contributed by atoms with E-state index in [0.717, 1.165) is 10.5 Å². The second-order valence-electron chi connectivity index (χ2n) is 7.06. The van der Waals surface area contributed by atoms with Crippen LogP contribution in [0.3, 0.4) is 0 Å². The van der Waals surface area contributed by atoms with Crippen LogP contribution in [0, 0.1) is 6.92 Å². The van der Waals surface area contributed by atoms with Crippen molar-refractivity contribution in [3.8, 4) is 0 Å². The standard InChI is InChI=1S/C21H22N4O4S/c1-13-7-3-4-8-14(13)21(2)19(28)25(20(29)24-21)11-18(27)23-15-9-5-6-10-16(15)30-12-17(22)26/h3-10H,11-12H2,1-2H3,(H2,22,26)(H,23,27)(H,24,29). The lowest BCUT2D eigenvalue weighted by molar-refractivity contribution is -0.133. The number of urea groups is 1. The number of anilines is 1. The Morgan fingerprint density at radius 3 is 2.50 bits per heavy atom. The van der Waals surface area contributed by atoms with Gasteiger partial charge in [0.25, 0.3) is 5.91 Å². The molecule has 1 saturated heterocycles. The first-order chi connectivity index (χ1) is 14.2. The van der Waals surface area contributed by atoms with Crippen molar-refractivity contribution in [2.45, 2.75) is 24.3 Å². The fourth-order valence-electron chi connectivity index (χ4n) is 3.33. The minimum Gasteiger partial charge on any atom is -0.369 e. The van der Waals surface area contributed by atoms with Crippen LogP contribution in [0.5, 0.6) is 0 Å². The van der Waals surface area contributed by atoms with Gasteiger partial charge in [-0.3, -0.25) is 19.3 Å². The van der Waals surface area contributed by atoms with Crippen molar-refractivity contribution in [1.29, 1.82) is 0 Å². The third-order valence-corrected chi connectivity index (χ3v) is 5.89. The van der Waals surface area contributed by atoms with Gasteiger partial charge in [0.2, 0.25) is 11.8 Å². The third kappa shape index (κ3) is 4.30. The zero-order chi connectivity index (χ0) is 21.9. The number of amides is 5. The van der Waals surface area contributed by atoms with E-state index in [1.54, 1.807) is 43.3 Å². The first-order valence-corrected chi connectivity index (χ1v) is 10.2. The topological polar surface area (TPSA) is 122 Å². The van der Waals surface area contributed by atoms with Crippen molar-refractivity contribution in [3.05, 3.63) is 59.7 Å². The van der Waals surface area contributed by atoms with Gasteiger partial charge in [0.1, 0.15) is 12.1 Å². The van der Waals surface area contributed by atoms with E-state index in [-0.39, 0.29) is 5.75 Å². The molecule has 0 bridgehead atoms. The third-order valence-electron chi connectivity index (χ3n) is 4.79. The summed E-state index contributed by atoms with van der Waals surface area (Å²) >= 11 is 1.19. The van der Waals surface area contributed by atoms with Gasteiger partial charge in [-0.25, -0.2) is 4.79 Å². The molecule has 9 heteroatoms. The van der Waals surface area contributed by atoms with Gasteiger partial charge < -0.3 is 16.4 Å². The fourth-order valence-corrected chi connectivity index (χ4v) is 4.08. The molecule has 0 aromatic heterocycles. The number of nitrogens with one attached hydrogen (secondary N) is 2. The number of nitrogens with two attached hydrogens (primary N) is 1. The Kier molecular flexibility index (Phi) is 6.12. The average Bonchev–Trinajstić information content (AvgIpc) is 2.91. The molecule has 3 rings (SSSR count). The summed E-state index contributed by atoms with van der Waals surface area (Å²) < 4.78 is 0. The molecule has 1 heterocycles. The summed E-state index contributed by atoms with van der Waals surface area (Å²) in [5, 5.41) is 5.40. The second kappa shape index (κ2) is 8.58. The highest BCUT2D eigenvalue weighted by Gasteiger charge is 2.50. The summed E-state index contributed by atoms with van der Waals surface area (Å²) in [6.45, 7) is 3.06. The minimum absolute atomic E-state index is 0.0642. The Hall–Kier alpha value is -3.33. The largest absolute Gasteiger partial charge is 0.369 e. The molecule has 8 nitrogen and oxygen atoms in total. The molecule has 1 unspecified atom stereocenters. The Morgan fingerprint density at radius 2 is 1.80 bits per heavy atom. The lowest BCUT2D eigenvalue weighted by atomic mass is 9.88. The SMILES string of the molecule is Cc1ccccc1C1(C)NC(=O)N(CC(=O)Nc2ccccc2SCC(N)=O)C1=O. The number of nitrogens with zero attached hydrogens (tertiary/aromatic N) is 1. The van der Waals surface area contributed by atoms with E-state index < -0.39 is 35.8 Å². The highest BCUT2D eigenvalue weighted by atomic mass is 32.2.